The van der Waals surface area contributed by atoms with Crippen molar-refractivity contribution in [1.82, 2.24) is 0 Å². The van der Waals surface area contributed by atoms with Crippen molar-refractivity contribution < 1.29 is 0 Å². The van der Waals surface area contributed by atoms with Crippen molar-refractivity contribution in [2.45, 2.75) is 0 Å². The van der Waals surface area contributed by atoms with Crippen molar-refractivity contribution in [1.29, 1.82) is 0 Å². The molecule has 0 aliphatic heterocycles. The second-order valence-electron chi connectivity index (χ2n) is 2.85. The Kier molecular flexibility index (Phi) is 4.22. The monoisotopic (exact) mass is 182 g/mol. The first-order valence-corrected chi connectivity index (χ1v) is 4.55. The summed E-state index contributed by atoms with van der Waals surface area (Å²) in [6, 6.07) is 10.2. The van der Waals surface area contributed by atoms with Gasteiger partial charge in [0.2, 0.25) is 0 Å². The van der Waals surface area contributed by atoms with Gasteiger partial charge in [-0.1, -0.05) is 73.9 Å². The van der Waals surface area contributed by atoms with E-state index in [4.69, 9.17) is 0 Å². The normalized spacial score (nSPS) is 11.6. The van der Waals surface area contributed by atoms with Gasteiger partial charge in [0.25, 0.3) is 0 Å². The number of hydrogen-bond donors (Lipinski definition) is 0. The maximum absolute atomic E-state index is 3.72. The lowest BCUT2D eigenvalue weighted by Crippen LogP contribution is -1.71. The van der Waals surface area contributed by atoms with Crippen molar-refractivity contribution in [2.75, 3.05) is 0 Å². The number of rotatable bonds is 4. The van der Waals surface area contributed by atoms with Gasteiger partial charge in [0, 0.05) is 0 Å². The molecule has 0 fully saturated rings. The summed E-state index contributed by atoms with van der Waals surface area (Å²) in [5.41, 5.74) is 2.24. The van der Waals surface area contributed by atoms with Gasteiger partial charge in [0.05, 0.1) is 0 Å². The lowest BCUT2D eigenvalue weighted by Gasteiger charge is -1.92. The van der Waals surface area contributed by atoms with Crippen LogP contribution >= 0.6 is 0 Å². The third-order valence-electron chi connectivity index (χ3n) is 1.81. The zero-order valence-electron chi connectivity index (χ0n) is 8.19. The standard InChI is InChI=1S/C14H14/c1-3-8-13(4-2)11-12-14-9-6-5-7-10-14/h3-12H,1-2H2/b12-11+,13-8+. The maximum atomic E-state index is 3.72. The maximum Gasteiger partial charge on any atom is -0.0256 e. The quantitative estimate of drug-likeness (QED) is 0.617. The lowest BCUT2D eigenvalue weighted by molar-refractivity contribution is 1.64. The van der Waals surface area contributed by atoms with Gasteiger partial charge in [-0.2, -0.15) is 0 Å². The average Bonchev–Trinajstić information content (AvgIpc) is 2.25. The molecule has 0 aliphatic carbocycles. The highest BCUT2D eigenvalue weighted by Crippen LogP contribution is 2.05. The van der Waals surface area contributed by atoms with Crippen LogP contribution in [0.25, 0.3) is 6.08 Å². The van der Waals surface area contributed by atoms with Gasteiger partial charge >= 0.3 is 0 Å². The Morgan fingerprint density at radius 1 is 1.07 bits per heavy atom. The summed E-state index contributed by atoms with van der Waals surface area (Å²) < 4.78 is 0. The molecule has 0 saturated carbocycles. The van der Waals surface area contributed by atoms with Crippen molar-refractivity contribution in [3.63, 3.8) is 0 Å². The Morgan fingerprint density at radius 3 is 2.36 bits per heavy atom. The minimum Gasteiger partial charge on any atom is -0.0990 e. The SMILES string of the molecule is C=C/C=C(C=C)/C=C/c1ccccc1. The first-order chi connectivity index (χ1) is 6.86. The van der Waals surface area contributed by atoms with Gasteiger partial charge in [-0.15, -0.1) is 0 Å². The molecule has 1 rings (SSSR count). The molecule has 70 valence electrons. The van der Waals surface area contributed by atoms with Gasteiger partial charge in [-0.05, 0) is 11.1 Å². The van der Waals surface area contributed by atoms with Crippen LogP contribution in [0, 0.1) is 0 Å². The van der Waals surface area contributed by atoms with Crippen molar-refractivity contribution in [3.8, 4) is 0 Å². The van der Waals surface area contributed by atoms with Gasteiger partial charge in [-0.3, -0.25) is 0 Å². The zero-order valence-corrected chi connectivity index (χ0v) is 8.19. The Balaban J connectivity index is 2.77. The fraction of sp³-hybridized carbons (Fsp3) is 0. The molecule has 0 spiro atoms. The van der Waals surface area contributed by atoms with Crippen LogP contribution < -0.4 is 0 Å². The molecule has 0 bridgehead atoms. The van der Waals surface area contributed by atoms with Crippen LogP contribution in [0.4, 0.5) is 0 Å². The van der Waals surface area contributed by atoms with Crippen LogP contribution in [0.2, 0.25) is 0 Å². The number of benzene rings is 1. The minimum atomic E-state index is 1.06. The topological polar surface area (TPSA) is 0 Å². The average molecular weight is 182 g/mol. The van der Waals surface area contributed by atoms with E-state index in [1.54, 1.807) is 12.2 Å². The van der Waals surface area contributed by atoms with E-state index in [1.807, 2.05) is 30.4 Å². The number of hydrogen-bond acceptors (Lipinski definition) is 0. The summed E-state index contributed by atoms with van der Waals surface area (Å²) in [4.78, 5) is 0. The fourth-order valence-electron chi connectivity index (χ4n) is 1.08. The molecule has 0 atom stereocenters. The summed E-state index contributed by atoms with van der Waals surface area (Å²) in [7, 11) is 0. The van der Waals surface area contributed by atoms with E-state index in [2.05, 4.69) is 31.4 Å². The van der Waals surface area contributed by atoms with Crippen LogP contribution in [0.5, 0.6) is 0 Å². The predicted octanol–water partition coefficient (Wildman–Crippen LogP) is 4.00. The zero-order chi connectivity index (χ0) is 10.2. The molecule has 0 radical (unpaired) electrons. The van der Waals surface area contributed by atoms with Gasteiger partial charge in [-0.25, -0.2) is 0 Å². The van der Waals surface area contributed by atoms with Crippen LogP contribution in [0.1, 0.15) is 5.56 Å². The van der Waals surface area contributed by atoms with Crippen LogP contribution in [0.3, 0.4) is 0 Å². The Morgan fingerprint density at radius 2 is 1.79 bits per heavy atom. The summed E-state index contributed by atoms with van der Waals surface area (Å²) in [5.74, 6) is 0. The van der Waals surface area contributed by atoms with Gasteiger partial charge in [0.1, 0.15) is 0 Å². The molecule has 0 heteroatoms. The largest absolute Gasteiger partial charge is 0.0990 e. The Labute approximate surface area is 85.6 Å². The van der Waals surface area contributed by atoms with Gasteiger partial charge in [0.15, 0.2) is 0 Å². The highest BCUT2D eigenvalue weighted by molar-refractivity contribution is 5.54. The number of allylic oxidation sites excluding steroid dienone is 5. The predicted molar refractivity (Wildman–Crippen MR) is 64.0 cm³/mol. The molecular weight excluding hydrogens is 168 g/mol. The van der Waals surface area contributed by atoms with E-state index in [0.29, 0.717) is 0 Å². The molecule has 0 aromatic heterocycles. The van der Waals surface area contributed by atoms with Gasteiger partial charge < -0.3 is 0 Å². The second-order valence-corrected chi connectivity index (χ2v) is 2.85. The summed E-state index contributed by atoms with van der Waals surface area (Å²) in [6.45, 7) is 7.37. The van der Waals surface area contributed by atoms with Crippen LogP contribution in [0.15, 0.2) is 73.4 Å². The second kappa shape index (κ2) is 5.76. The fourth-order valence-corrected chi connectivity index (χ4v) is 1.08. The Hall–Kier alpha value is -1.82. The van der Waals surface area contributed by atoms with E-state index in [0.717, 1.165) is 5.57 Å². The van der Waals surface area contributed by atoms with E-state index >= 15 is 0 Å². The molecule has 0 amide bonds. The molecule has 1 aromatic carbocycles. The molecule has 14 heavy (non-hydrogen) atoms. The van der Waals surface area contributed by atoms with E-state index in [9.17, 15) is 0 Å². The van der Waals surface area contributed by atoms with Crippen molar-refractivity contribution in [2.24, 2.45) is 0 Å². The van der Waals surface area contributed by atoms with Crippen LogP contribution in [-0.2, 0) is 0 Å². The third kappa shape index (κ3) is 3.28. The molecule has 0 nitrogen and oxygen atoms in total. The smallest absolute Gasteiger partial charge is 0.0256 e. The van der Waals surface area contributed by atoms with E-state index in [1.165, 1.54) is 5.56 Å². The molecule has 1 aromatic rings. The summed E-state index contributed by atoms with van der Waals surface area (Å²) in [5, 5.41) is 0. The molecule has 0 heterocycles. The summed E-state index contributed by atoms with van der Waals surface area (Å²) in [6.07, 6.45) is 9.56. The molecule has 0 saturated heterocycles. The molecule has 0 aliphatic rings. The third-order valence-corrected chi connectivity index (χ3v) is 1.81. The molecular formula is C14H14. The first-order valence-electron chi connectivity index (χ1n) is 4.55. The Bertz CT molecular complexity index is 353. The highest BCUT2D eigenvalue weighted by atomic mass is 13.9. The molecule has 0 N–H and O–H groups in total. The summed E-state index contributed by atoms with van der Waals surface area (Å²) >= 11 is 0. The van der Waals surface area contributed by atoms with Crippen LogP contribution in [-0.4, -0.2) is 0 Å². The van der Waals surface area contributed by atoms with Crippen molar-refractivity contribution >= 4 is 6.08 Å². The van der Waals surface area contributed by atoms with Crippen molar-refractivity contribution in [3.05, 3.63) is 78.9 Å². The van der Waals surface area contributed by atoms with E-state index < -0.39 is 0 Å². The highest BCUT2D eigenvalue weighted by Gasteiger charge is 1.84. The minimum absolute atomic E-state index is 1.06. The molecule has 0 unspecified atom stereocenters. The van der Waals surface area contributed by atoms with E-state index in [-0.39, 0.29) is 0 Å². The lowest BCUT2D eigenvalue weighted by atomic mass is 10.1. The first kappa shape index (κ1) is 10.3.